The number of aromatic carboxylic acids is 1. The summed E-state index contributed by atoms with van der Waals surface area (Å²) < 4.78 is 7.22. The molecule has 3 aromatic heterocycles. The summed E-state index contributed by atoms with van der Waals surface area (Å²) >= 11 is 0. The average molecular weight is 364 g/mol. The lowest BCUT2D eigenvalue weighted by Crippen LogP contribution is -1.98. The number of aryl methyl sites for hydroxylation is 1. The molecular formula is C18H16N6O3. The van der Waals surface area contributed by atoms with Gasteiger partial charge in [0, 0.05) is 36.6 Å². The molecule has 0 fully saturated rings. The highest BCUT2D eigenvalue weighted by Gasteiger charge is 2.13. The van der Waals surface area contributed by atoms with E-state index in [0.29, 0.717) is 34.0 Å². The number of aromatic amines is 1. The molecule has 136 valence electrons. The number of rotatable bonds is 5. The van der Waals surface area contributed by atoms with Gasteiger partial charge in [-0.25, -0.2) is 19.7 Å². The number of carboxylic acid groups (broad SMARTS) is 1. The predicted octanol–water partition coefficient (Wildman–Crippen LogP) is 2.81. The van der Waals surface area contributed by atoms with E-state index in [1.807, 2.05) is 17.8 Å². The van der Waals surface area contributed by atoms with E-state index in [-0.39, 0.29) is 5.69 Å². The highest BCUT2D eigenvalue weighted by Crippen LogP contribution is 2.31. The van der Waals surface area contributed by atoms with Crippen molar-refractivity contribution in [1.82, 2.24) is 24.5 Å². The lowest BCUT2D eigenvalue weighted by molar-refractivity contribution is 0.0691. The van der Waals surface area contributed by atoms with Gasteiger partial charge in [0.25, 0.3) is 0 Å². The van der Waals surface area contributed by atoms with Gasteiger partial charge >= 0.3 is 5.97 Å². The lowest BCUT2D eigenvalue weighted by Gasteiger charge is -2.09. The number of hydrogen-bond acceptors (Lipinski definition) is 6. The number of H-pyrrole nitrogens is 1. The van der Waals surface area contributed by atoms with Crippen LogP contribution in [0.4, 0.5) is 11.6 Å². The number of hydrogen-bond donors (Lipinski definition) is 3. The van der Waals surface area contributed by atoms with Crippen molar-refractivity contribution in [1.29, 1.82) is 0 Å². The van der Waals surface area contributed by atoms with Crippen LogP contribution in [0.3, 0.4) is 0 Å². The summed E-state index contributed by atoms with van der Waals surface area (Å²) in [6.07, 6.45) is 5.22. The second kappa shape index (κ2) is 6.45. The second-order valence-corrected chi connectivity index (χ2v) is 5.95. The van der Waals surface area contributed by atoms with Gasteiger partial charge < -0.3 is 24.7 Å². The number of ether oxygens (including phenoxy) is 1. The van der Waals surface area contributed by atoms with Crippen molar-refractivity contribution < 1.29 is 14.6 Å². The van der Waals surface area contributed by atoms with Gasteiger partial charge in [-0.1, -0.05) is 0 Å². The summed E-state index contributed by atoms with van der Waals surface area (Å²) in [5.41, 5.74) is 2.81. The minimum absolute atomic E-state index is 0.0915. The van der Waals surface area contributed by atoms with E-state index in [2.05, 4.69) is 25.3 Å². The monoisotopic (exact) mass is 364 g/mol. The number of carboxylic acids is 1. The quantitative estimate of drug-likeness (QED) is 0.498. The lowest BCUT2D eigenvalue weighted by atomic mass is 10.2. The number of methoxy groups -OCH3 is 1. The van der Waals surface area contributed by atoms with Gasteiger partial charge in [-0.05, 0) is 18.2 Å². The van der Waals surface area contributed by atoms with Crippen molar-refractivity contribution >= 4 is 28.5 Å². The normalized spacial score (nSPS) is 10.9. The maximum absolute atomic E-state index is 11.2. The fourth-order valence-electron chi connectivity index (χ4n) is 2.80. The summed E-state index contributed by atoms with van der Waals surface area (Å²) in [4.78, 5) is 27.1. The SMILES string of the molecule is COc1cc(Nc2nccc(-c3cn(C)cn3)n2)cc2cc(C(=O)O)[nH]c12. The highest BCUT2D eigenvalue weighted by atomic mass is 16.5. The zero-order chi connectivity index (χ0) is 19.0. The number of aromatic nitrogens is 5. The molecule has 3 heterocycles. The van der Waals surface area contributed by atoms with Crippen LogP contribution in [0.1, 0.15) is 10.5 Å². The predicted molar refractivity (Wildman–Crippen MR) is 99.3 cm³/mol. The van der Waals surface area contributed by atoms with Gasteiger partial charge in [0.05, 0.1) is 24.6 Å². The van der Waals surface area contributed by atoms with Crippen LogP contribution < -0.4 is 10.1 Å². The van der Waals surface area contributed by atoms with Crippen LogP contribution >= 0.6 is 0 Å². The zero-order valence-electron chi connectivity index (χ0n) is 14.6. The van der Waals surface area contributed by atoms with E-state index in [1.165, 1.54) is 7.11 Å². The zero-order valence-corrected chi connectivity index (χ0v) is 14.6. The van der Waals surface area contributed by atoms with Gasteiger partial charge in [0.1, 0.15) is 17.1 Å². The molecule has 0 aliphatic carbocycles. The number of fused-ring (bicyclic) bond motifs is 1. The molecule has 0 saturated carbocycles. The fourth-order valence-corrected chi connectivity index (χ4v) is 2.80. The third-order valence-corrected chi connectivity index (χ3v) is 4.02. The van der Waals surface area contributed by atoms with E-state index in [0.717, 1.165) is 5.69 Å². The first-order valence-corrected chi connectivity index (χ1v) is 8.06. The minimum Gasteiger partial charge on any atom is -0.494 e. The summed E-state index contributed by atoms with van der Waals surface area (Å²) in [5.74, 6) is -0.119. The van der Waals surface area contributed by atoms with Crippen LogP contribution in [-0.4, -0.2) is 42.7 Å². The Morgan fingerprint density at radius 2 is 2.11 bits per heavy atom. The Kier molecular flexibility index (Phi) is 3.96. The highest BCUT2D eigenvalue weighted by molar-refractivity contribution is 5.97. The van der Waals surface area contributed by atoms with Gasteiger partial charge in [-0.15, -0.1) is 0 Å². The van der Waals surface area contributed by atoms with E-state index in [9.17, 15) is 9.90 Å². The Morgan fingerprint density at radius 3 is 2.81 bits per heavy atom. The molecule has 0 saturated heterocycles. The molecule has 0 radical (unpaired) electrons. The molecule has 0 aliphatic rings. The molecule has 9 heteroatoms. The van der Waals surface area contributed by atoms with E-state index in [4.69, 9.17) is 4.74 Å². The Labute approximate surface area is 153 Å². The van der Waals surface area contributed by atoms with Crippen LogP contribution in [0.5, 0.6) is 5.75 Å². The van der Waals surface area contributed by atoms with Crippen LogP contribution in [0.25, 0.3) is 22.3 Å². The van der Waals surface area contributed by atoms with Gasteiger partial charge in [-0.3, -0.25) is 0 Å². The van der Waals surface area contributed by atoms with Crippen LogP contribution in [0, 0.1) is 0 Å². The Hall–Kier alpha value is -3.88. The molecule has 9 nitrogen and oxygen atoms in total. The fraction of sp³-hybridized carbons (Fsp3) is 0.111. The maximum atomic E-state index is 11.2. The largest absolute Gasteiger partial charge is 0.494 e. The molecule has 0 amide bonds. The minimum atomic E-state index is -1.03. The van der Waals surface area contributed by atoms with Crippen molar-refractivity contribution in [2.24, 2.45) is 7.05 Å². The molecule has 0 aliphatic heterocycles. The topological polar surface area (TPSA) is 118 Å². The molecule has 4 aromatic rings. The number of imidazole rings is 1. The first kappa shape index (κ1) is 16.6. The van der Waals surface area contributed by atoms with Crippen molar-refractivity contribution in [3.05, 3.63) is 48.7 Å². The van der Waals surface area contributed by atoms with E-state index in [1.54, 1.807) is 36.8 Å². The first-order valence-electron chi connectivity index (χ1n) is 8.06. The molecule has 0 atom stereocenters. The van der Waals surface area contributed by atoms with Crippen molar-refractivity contribution in [3.63, 3.8) is 0 Å². The van der Waals surface area contributed by atoms with E-state index < -0.39 is 5.97 Å². The smallest absolute Gasteiger partial charge is 0.352 e. The average Bonchev–Trinajstić information content (AvgIpc) is 3.27. The third kappa shape index (κ3) is 3.17. The molecule has 0 unspecified atom stereocenters. The standard InChI is InChI=1S/C18H16N6O3/c1-24-8-14(20-9-24)12-3-4-19-18(23-12)21-11-5-10-6-13(17(25)26)22-16(10)15(7-11)27-2/h3-9,22H,1-2H3,(H,25,26)(H,19,21,23). The van der Waals surface area contributed by atoms with Crippen LogP contribution in [0.2, 0.25) is 0 Å². The number of carbonyl (C=O) groups is 1. The number of nitrogens with one attached hydrogen (secondary N) is 2. The molecule has 1 aromatic carbocycles. The first-order chi connectivity index (χ1) is 13.0. The number of anilines is 2. The maximum Gasteiger partial charge on any atom is 0.352 e. The van der Waals surface area contributed by atoms with Crippen LogP contribution in [-0.2, 0) is 7.05 Å². The molecule has 0 spiro atoms. The summed E-state index contributed by atoms with van der Waals surface area (Å²) in [7, 11) is 3.42. The molecule has 4 rings (SSSR count). The molecular weight excluding hydrogens is 348 g/mol. The summed E-state index contributed by atoms with van der Waals surface area (Å²) in [6, 6.07) is 6.89. The summed E-state index contributed by atoms with van der Waals surface area (Å²) in [6.45, 7) is 0. The molecule has 27 heavy (non-hydrogen) atoms. The Morgan fingerprint density at radius 1 is 1.26 bits per heavy atom. The van der Waals surface area contributed by atoms with E-state index >= 15 is 0 Å². The number of nitrogens with zero attached hydrogens (tertiary/aromatic N) is 4. The number of benzene rings is 1. The van der Waals surface area contributed by atoms with Crippen molar-refractivity contribution in [2.75, 3.05) is 12.4 Å². The van der Waals surface area contributed by atoms with Crippen LogP contribution in [0.15, 0.2) is 43.0 Å². The molecule has 0 bridgehead atoms. The Bertz CT molecular complexity index is 1150. The summed E-state index contributed by atoms with van der Waals surface area (Å²) in [5, 5.41) is 13.0. The van der Waals surface area contributed by atoms with Gasteiger partial charge in [0.15, 0.2) is 0 Å². The van der Waals surface area contributed by atoms with Gasteiger partial charge in [-0.2, -0.15) is 0 Å². The second-order valence-electron chi connectivity index (χ2n) is 5.95. The van der Waals surface area contributed by atoms with Crippen molar-refractivity contribution in [2.45, 2.75) is 0 Å². The van der Waals surface area contributed by atoms with Crippen molar-refractivity contribution in [3.8, 4) is 17.1 Å². The molecule has 3 N–H and O–H groups in total. The Balaban J connectivity index is 1.70. The van der Waals surface area contributed by atoms with Gasteiger partial charge in [0.2, 0.25) is 5.95 Å². The third-order valence-electron chi connectivity index (χ3n) is 4.02.